The third-order valence-corrected chi connectivity index (χ3v) is 4.21. The predicted molar refractivity (Wildman–Crippen MR) is 106 cm³/mol. The fraction of sp³-hybridized carbons (Fsp3) is 0.0476. The Bertz CT molecular complexity index is 1360. The molecule has 0 bridgehead atoms. The maximum atomic E-state index is 14.4. The average Bonchev–Trinajstić information content (AvgIpc) is 2.79. The van der Waals surface area contributed by atoms with Crippen LogP contribution in [0.15, 0.2) is 54.5 Å². The molecular weight excluding hydrogens is 478 g/mol. The van der Waals surface area contributed by atoms with Crippen molar-refractivity contribution in [3.05, 3.63) is 88.1 Å². The van der Waals surface area contributed by atoms with Gasteiger partial charge in [-0.05, 0) is 42.4 Å². The molecule has 0 saturated carbocycles. The van der Waals surface area contributed by atoms with Crippen molar-refractivity contribution in [3.63, 3.8) is 0 Å². The Hall–Kier alpha value is -3.73. The minimum Gasteiger partial charge on any atom is -0.456 e. The summed E-state index contributed by atoms with van der Waals surface area (Å²) < 4.78 is 108. The summed E-state index contributed by atoms with van der Waals surface area (Å²) in [5, 5.41) is 2.98. The summed E-state index contributed by atoms with van der Waals surface area (Å²) in [5.41, 5.74) is -3.01. The highest BCUT2D eigenvalue weighted by molar-refractivity contribution is 6.32. The fourth-order valence-electron chi connectivity index (χ4n) is 2.43. The van der Waals surface area contributed by atoms with Crippen LogP contribution >= 0.6 is 11.6 Å². The molecule has 3 amide bonds. The number of benzene rings is 3. The molecule has 33 heavy (non-hydrogen) atoms. The lowest BCUT2D eigenvalue weighted by molar-refractivity contribution is -0.137. The number of urea groups is 1. The first-order valence-electron chi connectivity index (χ1n) is 10.1. The molecule has 0 radical (unpaired) electrons. The Morgan fingerprint density at radius 2 is 1.64 bits per heavy atom. The third kappa shape index (κ3) is 5.75. The van der Waals surface area contributed by atoms with Crippen molar-refractivity contribution in [1.82, 2.24) is 5.32 Å². The lowest BCUT2D eigenvalue weighted by Crippen LogP contribution is -2.35. The minimum absolute atomic E-state index is 0.221. The van der Waals surface area contributed by atoms with Crippen LogP contribution in [0.4, 0.5) is 36.8 Å². The number of hydrogen-bond acceptors (Lipinski definition) is 3. The van der Waals surface area contributed by atoms with Crippen LogP contribution in [-0.4, -0.2) is 11.9 Å². The molecule has 0 saturated heterocycles. The normalized spacial score (nSPS) is 12.4. The largest absolute Gasteiger partial charge is 0.456 e. The third-order valence-electron chi connectivity index (χ3n) is 3.91. The Labute approximate surface area is 191 Å². The van der Waals surface area contributed by atoms with E-state index in [0.717, 1.165) is 24.3 Å². The lowest BCUT2D eigenvalue weighted by atomic mass is 10.2. The molecule has 3 rings (SSSR count). The van der Waals surface area contributed by atoms with Crippen LogP contribution in [-0.2, 0) is 6.18 Å². The molecule has 0 atom stereocenters. The van der Waals surface area contributed by atoms with Gasteiger partial charge in [0.1, 0.15) is 34.5 Å². The van der Waals surface area contributed by atoms with Gasteiger partial charge in [0.2, 0.25) is 0 Å². The smallest absolute Gasteiger partial charge is 0.416 e. The molecule has 0 aliphatic heterocycles. The molecule has 12 heteroatoms. The van der Waals surface area contributed by atoms with E-state index in [2.05, 4.69) is 0 Å². The molecule has 0 aliphatic carbocycles. The lowest BCUT2D eigenvalue weighted by Gasteiger charge is -2.12. The van der Waals surface area contributed by atoms with Gasteiger partial charge in [-0.1, -0.05) is 17.6 Å². The molecule has 0 heterocycles. The van der Waals surface area contributed by atoms with Crippen molar-refractivity contribution in [3.8, 4) is 11.5 Å². The van der Waals surface area contributed by atoms with E-state index in [1.807, 2.05) is 5.32 Å². The van der Waals surface area contributed by atoms with Gasteiger partial charge >= 0.3 is 12.2 Å². The molecule has 172 valence electrons. The standard InChI is InChI=1S/C21H11ClF6N2O3/c22-12-8-10(21(26,27)28)4-7-17(12)33-11-5-6-16(15(25)9-11)29-20(32)30-19(31)18-13(23)2-1-3-14(18)24/h1-9H,(H2,29,30,31,32)/i1D,2D,3D. The van der Waals surface area contributed by atoms with Crippen LogP contribution in [0.5, 0.6) is 11.5 Å². The summed E-state index contributed by atoms with van der Waals surface area (Å²) in [6.45, 7) is 0. The number of ether oxygens (including phenoxy) is 1. The number of carbonyl (C=O) groups excluding carboxylic acids is 2. The second-order valence-electron chi connectivity index (χ2n) is 6.17. The van der Waals surface area contributed by atoms with Gasteiger partial charge in [-0.3, -0.25) is 10.1 Å². The highest BCUT2D eigenvalue weighted by Gasteiger charge is 2.31. The molecule has 0 unspecified atom stereocenters. The summed E-state index contributed by atoms with van der Waals surface area (Å²) >= 11 is 5.77. The molecule has 0 spiro atoms. The number of halogens is 7. The minimum atomic E-state index is -4.64. The van der Waals surface area contributed by atoms with E-state index in [1.165, 1.54) is 5.32 Å². The van der Waals surface area contributed by atoms with Crippen LogP contribution in [0.25, 0.3) is 0 Å². The van der Waals surface area contributed by atoms with Crippen LogP contribution < -0.4 is 15.4 Å². The van der Waals surface area contributed by atoms with E-state index in [-0.39, 0.29) is 11.5 Å². The van der Waals surface area contributed by atoms with Crippen molar-refractivity contribution in [2.24, 2.45) is 0 Å². The van der Waals surface area contributed by atoms with Crippen molar-refractivity contribution < 1.29 is 44.8 Å². The summed E-state index contributed by atoms with van der Waals surface area (Å²) in [7, 11) is 0. The van der Waals surface area contributed by atoms with Crippen molar-refractivity contribution in [2.75, 3.05) is 5.32 Å². The SMILES string of the molecule is [2H]c1c([2H])c(F)c(C(=O)NC(=O)Nc2ccc(Oc3ccc(C(F)(F)F)cc3Cl)cc2F)c(F)c1[2H]. The maximum Gasteiger partial charge on any atom is 0.416 e. The molecular formula is C21H11ClF6N2O3. The number of anilines is 1. The van der Waals surface area contributed by atoms with Crippen molar-refractivity contribution >= 4 is 29.2 Å². The van der Waals surface area contributed by atoms with Gasteiger partial charge in [0.05, 0.1) is 20.4 Å². The molecule has 0 aliphatic rings. The number of hydrogen-bond donors (Lipinski definition) is 2. The zero-order valence-electron chi connectivity index (χ0n) is 18.8. The predicted octanol–water partition coefficient (Wildman–Crippen LogP) is 6.53. The zero-order valence-corrected chi connectivity index (χ0v) is 16.6. The highest BCUT2D eigenvalue weighted by Crippen LogP contribution is 2.36. The molecule has 2 N–H and O–H groups in total. The number of rotatable bonds is 4. The number of alkyl halides is 3. The van der Waals surface area contributed by atoms with Crippen LogP contribution in [0.3, 0.4) is 0 Å². The van der Waals surface area contributed by atoms with Gasteiger partial charge < -0.3 is 10.1 Å². The monoisotopic (exact) mass is 491 g/mol. The van der Waals surface area contributed by atoms with Crippen molar-refractivity contribution in [2.45, 2.75) is 6.18 Å². The van der Waals surface area contributed by atoms with E-state index in [1.54, 1.807) is 0 Å². The second-order valence-corrected chi connectivity index (χ2v) is 6.58. The maximum absolute atomic E-state index is 14.4. The molecule has 0 fully saturated rings. The zero-order chi connectivity index (χ0) is 26.9. The van der Waals surface area contributed by atoms with Gasteiger partial charge in [-0.25, -0.2) is 18.0 Å². The number of amides is 3. The van der Waals surface area contributed by atoms with E-state index in [4.69, 9.17) is 20.5 Å². The molecule has 5 nitrogen and oxygen atoms in total. The average molecular weight is 492 g/mol. The fourth-order valence-corrected chi connectivity index (χ4v) is 2.65. The second kappa shape index (κ2) is 9.41. The first-order chi connectivity index (χ1) is 16.7. The number of carbonyl (C=O) groups is 2. The summed E-state index contributed by atoms with van der Waals surface area (Å²) in [6.07, 6.45) is -4.64. The van der Waals surface area contributed by atoms with Crippen LogP contribution in [0.2, 0.25) is 5.02 Å². The topological polar surface area (TPSA) is 67.4 Å². The quantitative estimate of drug-likeness (QED) is 0.408. The van der Waals surface area contributed by atoms with E-state index >= 15 is 0 Å². The van der Waals surface area contributed by atoms with E-state index in [0.29, 0.717) is 12.1 Å². The van der Waals surface area contributed by atoms with Gasteiger partial charge in [0.15, 0.2) is 0 Å². The molecule has 0 aromatic heterocycles. The van der Waals surface area contributed by atoms with Gasteiger partial charge in [0.25, 0.3) is 5.91 Å². The molecule has 3 aromatic rings. The highest BCUT2D eigenvalue weighted by atomic mass is 35.5. The van der Waals surface area contributed by atoms with Crippen molar-refractivity contribution in [1.29, 1.82) is 0 Å². The number of nitrogens with one attached hydrogen (secondary N) is 2. The van der Waals surface area contributed by atoms with Crippen LogP contribution in [0, 0.1) is 17.5 Å². The molecule has 3 aromatic carbocycles. The number of imide groups is 1. The van der Waals surface area contributed by atoms with Gasteiger partial charge in [-0.15, -0.1) is 0 Å². The van der Waals surface area contributed by atoms with E-state index in [9.17, 15) is 35.9 Å². The summed E-state index contributed by atoms with van der Waals surface area (Å²) in [5.74, 6) is -6.81. The Balaban J connectivity index is 1.72. The van der Waals surface area contributed by atoms with Crippen LogP contribution in [0.1, 0.15) is 20.0 Å². The first-order valence-corrected chi connectivity index (χ1v) is 8.99. The summed E-state index contributed by atoms with van der Waals surface area (Å²) in [6, 6.07) is 0.00106. The first kappa shape index (κ1) is 19.9. The Morgan fingerprint density at radius 1 is 0.970 bits per heavy atom. The summed E-state index contributed by atoms with van der Waals surface area (Å²) in [4.78, 5) is 24.1. The Morgan fingerprint density at radius 3 is 2.21 bits per heavy atom. The Kier molecular flexibility index (Phi) is 5.68. The van der Waals surface area contributed by atoms with Gasteiger partial charge in [-0.2, -0.15) is 13.2 Å². The van der Waals surface area contributed by atoms with E-state index < -0.39 is 75.5 Å². The van der Waals surface area contributed by atoms with Gasteiger partial charge in [0, 0.05) is 6.07 Å².